The van der Waals surface area contributed by atoms with Gasteiger partial charge in [0.05, 0.1) is 11.9 Å². The van der Waals surface area contributed by atoms with Crippen molar-refractivity contribution < 1.29 is 19.5 Å². The Morgan fingerprint density at radius 2 is 1.62 bits per heavy atom. The highest BCUT2D eigenvalue weighted by molar-refractivity contribution is 8.00. The predicted octanol–water partition coefficient (Wildman–Crippen LogP) is 4.70. The van der Waals surface area contributed by atoms with Crippen LogP contribution in [0.1, 0.15) is 41.7 Å². The minimum absolute atomic E-state index is 0.225. The SMILES string of the molecule is Cc1cc(C)cc(NC(=O)NC(Cc2ccccc2)C(O)C(=O)N2CSC(C)(C)C2C(=O)NCc2ccccc2C)c1. The molecule has 8 nitrogen and oxygen atoms in total. The second-order valence-corrected chi connectivity index (χ2v) is 13.0. The van der Waals surface area contributed by atoms with E-state index in [4.69, 9.17) is 0 Å². The first-order valence-electron chi connectivity index (χ1n) is 14.1. The molecule has 42 heavy (non-hydrogen) atoms. The highest BCUT2D eigenvalue weighted by Gasteiger charge is 2.49. The van der Waals surface area contributed by atoms with Crippen LogP contribution in [0.2, 0.25) is 0 Å². The van der Waals surface area contributed by atoms with Crippen LogP contribution < -0.4 is 16.0 Å². The van der Waals surface area contributed by atoms with Crippen LogP contribution in [0.4, 0.5) is 10.5 Å². The number of anilines is 1. The molecule has 222 valence electrons. The number of thioether (sulfide) groups is 1. The molecule has 3 atom stereocenters. The average Bonchev–Trinajstić information content (AvgIpc) is 3.26. The van der Waals surface area contributed by atoms with E-state index in [-0.39, 0.29) is 18.2 Å². The van der Waals surface area contributed by atoms with Crippen LogP contribution in [0.5, 0.6) is 0 Å². The number of urea groups is 1. The zero-order valence-electron chi connectivity index (χ0n) is 24.8. The number of hydrogen-bond acceptors (Lipinski definition) is 5. The standard InChI is InChI=1S/C33H40N4O4S/c1-21-15-22(2)17-26(16-21)35-32(41)36-27(18-24-12-7-6-8-13-24)28(38)31(40)37-20-42-33(4,5)29(37)30(39)34-19-25-14-10-9-11-23(25)3/h6-17,27-29,38H,18-20H2,1-5H3,(H,34,39)(H2,35,36,41). The van der Waals surface area contributed by atoms with Gasteiger partial charge in [-0.1, -0.05) is 60.7 Å². The molecule has 4 N–H and O–H groups in total. The minimum Gasteiger partial charge on any atom is -0.381 e. The van der Waals surface area contributed by atoms with Gasteiger partial charge in [0, 0.05) is 17.0 Å². The van der Waals surface area contributed by atoms with Gasteiger partial charge in [-0.3, -0.25) is 9.59 Å². The van der Waals surface area contributed by atoms with Crippen molar-refractivity contribution in [2.45, 2.75) is 70.5 Å². The molecule has 0 radical (unpaired) electrons. The highest BCUT2D eigenvalue weighted by Crippen LogP contribution is 2.40. The molecule has 0 saturated carbocycles. The molecule has 1 heterocycles. The van der Waals surface area contributed by atoms with E-state index in [0.29, 0.717) is 12.2 Å². The summed E-state index contributed by atoms with van der Waals surface area (Å²) < 4.78 is -0.575. The Morgan fingerprint density at radius 3 is 2.29 bits per heavy atom. The van der Waals surface area contributed by atoms with Gasteiger partial charge in [-0.25, -0.2) is 4.79 Å². The topological polar surface area (TPSA) is 111 Å². The highest BCUT2D eigenvalue weighted by atomic mass is 32.2. The average molecular weight is 589 g/mol. The number of aryl methyl sites for hydroxylation is 3. The second-order valence-electron chi connectivity index (χ2n) is 11.4. The molecule has 0 bridgehead atoms. The van der Waals surface area contributed by atoms with Crippen LogP contribution in [-0.4, -0.2) is 56.7 Å². The first-order valence-corrected chi connectivity index (χ1v) is 15.1. The second kappa shape index (κ2) is 13.4. The number of amides is 4. The molecular formula is C33H40N4O4S. The summed E-state index contributed by atoms with van der Waals surface area (Å²) in [5.41, 5.74) is 5.53. The number of rotatable bonds is 9. The van der Waals surface area contributed by atoms with Crippen LogP contribution in [0.3, 0.4) is 0 Å². The number of aliphatic hydroxyl groups excluding tert-OH is 1. The van der Waals surface area contributed by atoms with Gasteiger partial charge in [0.15, 0.2) is 6.10 Å². The number of nitrogens with zero attached hydrogens (tertiary/aromatic N) is 1. The molecule has 1 fully saturated rings. The third-order valence-corrected chi connectivity index (χ3v) is 8.89. The van der Waals surface area contributed by atoms with Crippen molar-refractivity contribution in [3.05, 3.63) is 101 Å². The summed E-state index contributed by atoms with van der Waals surface area (Å²) in [4.78, 5) is 41.9. The van der Waals surface area contributed by atoms with Gasteiger partial charge < -0.3 is 26.0 Å². The van der Waals surface area contributed by atoms with Crippen molar-refractivity contribution >= 4 is 35.3 Å². The Kier molecular flexibility index (Phi) is 9.96. The lowest BCUT2D eigenvalue weighted by Gasteiger charge is -2.33. The van der Waals surface area contributed by atoms with Gasteiger partial charge in [-0.2, -0.15) is 0 Å². The summed E-state index contributed by atoms with van der Waals surface area (Å²) in [5, 5.41) is 20.1. The molecule has 1 aliphatic heterocycles. The Balaban J connectivity index is 1.52. The van der Waals surface area contributed by atoms with E-state index >= 15 is 0 Å². The summed E-state index contributed by atoms with van der Waals surface area (Å²) in [6.45, 7) is 10.1. The molecule has 1 saturated heterocycles. The van der Waals surface area contributed by atoms with E-state index in [1.54, 1.807) is 0 Å². The Morgan fingerprint density at radius 1 is 0.976 bits per heavy atom. The molecule has 3 unspecified atom stereocenters. The van der Waals surface area contributed by atoms with Gasteiger partial charge in [-0.15, -0.1) is 11.8 Å². The summed E-state index contributed by atoms with van der Waals surface area (Å²) in [7, 11) is 0. The fourth-order valence-corrected chi connectivity index (χ4v) is 6.47. The summed E-state index contributed by atoms with van der Waals surface area (Å²) >= 11 is 1.48. The quantitative estimate of drug-likeness (QED) is 0.290. The van der Waals surface area contributed by atoms with Crippen molar-refractivity contribution in [3.8, 4) is 0 Å². The maximum Gasteiger partial charge on any atom is 0.319 e. The third kappa shape index (κ3) is 7.72. The van der Waals surface area contributed by atoms with Crippen molar-refractivity contribution in [2.24, 2.45) is 0 Å². The van der Waals surface area contributed by atoms with Crippen LogP contribution in [0.25, 0.3) is 0 Å². The molecule has 0 spiro atoms. The van der Waals surface area contributed by atoms with E-state index in [2.05, 4.69) is 16.0 Å². The van der Waals surface area contributed by atoms with Crippen LogP contribution in [0.15, 0.2) is 72.8 Å². The van der Waals surface area contributed by atoms with Gasteiger partial charge in [-0.05, 0) is 81.0 Å². The number of hydrogen-bond donors (Lipinski definition) is 4. The lowest BCUT2D eigenvalue weighted by Crippen LogP contribution is -2.59. The third-order valence-electron chi connectivity index (χ3n) is 7.52. The number of aliphatic hydroxyl groups is 1. The summed E-state index contributed by atoms with van der Waals surface area (Å²) in [6.07, 6.45) is -1.35. The normalized spacial score (nSPS) is 17.3. The van der Waals surface area contributed by atoms with E-state index < -0.39 is 34.9 Å². The molecular weight excluding hydrogens is 548 g/mol. The zero-order chi connectivity index (χ0) is 30.4. The van der Waals surface area contributed by atoms with Gasteiger partial charge >= 0.3 is 6.03 Å². The van der Waals surface area contributed by atoms with Gasteiger partial charge in [0.25, 0.3) is 5.91 Å². The number of carbonyl (C=O) groups is 3. The monoisotopic (exact) mass is 588 g/mol. The van der Waals surface area contributed by atoms with Crippen molar-refractivity contribution in [2.75, 3.05) is 11.2 Å². The lowest BCUT2D eigenvalue weighted by atomic mass is 9.97. The maximum absolute atomic E-state index is 13.8. The summed E-state index contributed by atoms with van der Waals surface area (Å²) in [6, 6.07) is 20.6. The lowest BCUT2D eigenvalue weighted by molar-refractivity contribution is -0.147. The molecule has 0 aromatic heterocycles. The molecule has 3 aromatic rings. The number of carbonyl (C=O) groups excluding carboxylic acids is 3. The molecule has 4 rings (SSSR count). The first-order chi connectivity index (χ1) is 19.9. The Hall–Kier alpha value is -3.82. The van der Waals surface area contributed by atoms with Crippen molar-refractivity contribution in [3.63, 3.8) is 0 Å². The van der Waals surface area contributed by atoms with Crippen molar-refractivity contribution in [1.29, 1.82) is 0 Å². The fraction of sp³-hybridized carbons (Fsp3) is 0.364. The Labute approximate surface area is 252 Å². The zero-order valence-corrected chi connectivity index (χ0v) is 25.6. The minimum atomic E-state index is -1.57. The predicted molar refractivity (Wildman–Crippen MR) is 168 cm³/mol. The first kappa shape index (κ1) is 31.1. The van der Waals surface area contributed by atoms with E-state index in [9.17, 15) is 19.5 Å². The molecule has 9 heteroatoms. The Bertz CT molecular complexity index is 1410. The molecule has 0 aliphatic carbocycles. The number of nitrogens with one attached hydrogen (secondary N) is 3. The van der Waals surface area contributed by atoms with E-state index in [1.165, 1.54) is 16.7 Å². The van der Waals surface area contributed by atoms with E-state index in [0.717, 1.165) is 27.8 Å². The van der Waals surface area contributed by atoms with E-state index in [1.807, 2.05) is 107 Å². The number of benzene rings is 3. The van der Waals surface area contributed by atoms with Crippen LogP contribution in [0, 0.1) is 20.8 Å². The largest absolute Gasteiger partial charge is 0.381 e. The summed E-state index contributed by atoms with van der Waals surface area (Å²) in [5.74, 6) is -0.635. The van der Waals surface area contributed by atoms with Crippen LogP contribution in [-0.2, 0) is 22.6 Å². The van der Waals surface area contributed by atoms with Crippen LogP contribution >= 0.6 is 11.8 Å². The van der Waals surface area contributed by atoms with Gasteiger partial charge in [0.1, 0.15) is 6.04 Å². The molecule has 1 aliphatic rings. The van der Waals surface area contributed by atoms with Gasteiger partial charge in [0.2, 0.25) is 5.91 Å². The molecule has 3 aromatic carbocycles. The smallest absolute Gasteiger partial charge is 0.319 e. The molecule has 4 amide bonds. The van der Waals surface area contributed by atoms with Crippen molar-refractivity contribution in [1.82, 2.24) is 15.5 Å². The maximum atomic E-state index is 13.8. The fourth-order valence-electron chi connectivity index (χ4n) is 5.33.